The molecular weight excluding hydrogens is 312 g/mol. The minimum Gasteiger partial charge on any atom is -0.368 e. The highest BCUT2D eigenvalue weighted by Crippen LogP contribution is 2.36. The highest BCUT2D eigenvalue weighted by molar-refractivity contribution is 7.93. The number of nitrogens with two attached hydrogens (primary N) is 1. The van der Waals surface area contributed by atoms with Crippen molar-refractivity contribution in [1.82, 2.24) is 0 Å². The molecule has 0 spiro atoms. The number of para-hydroxylation sites is 1. The van der Waals surface area contributed by atoms with Crippen LogP contribution >= 0.6 is 0 Å². The molecule has 0 aliphatic carbocycles. The van der Waals surface area contributed by atoms with E-state index in [2.05, 4.69) is 0 Å². The lowest BCUT2D eigenvalue weighted by Crippen LogP contribution is -2.45. The summed E-state index contributed by atoms with van der Waals surface area (Å²) < 4.78 is 27.2. The molecule has 0 fully saturated rings. The third-order valence-electron chi connectivity index (χ3n) is 4.14. The Labute approximate surface area is 135 Å². The Morgan fingerprint density at radius 3 is 2.43 bits per heavy atom. The van der Waals surface area contributed by atoms with E-state index in [1.807, 2.05) is 19.1 Å². The molecule has 6 heteroatoms. The number of nitrogens with zero attached hydrogens (tertiary/aromatic N) is 1. The fourth-order valence-electron chi connectivity index (χ4n) is 2.88. The molecular formula is C17H18N2O3S. The molecule has 0 bridgehead atoms. The topological polar surface area (TPSA) is 80.5 Å². The van der Waals surface area contributed by atoms with Gasteiger partial charge in [0.05, 0.1) is 10.6 Å². The monoisotopic (exact) mass is 330 g/mol. The van der Waals surface area contributed by atoms with Crippen molar-refractivity contribution < 1.29 is 13.2 Å². The molecule has 0 saturated heterocycles. The van der Waals surface area contributed by atoms with E-state index in [0.29, 0.717) is 12.1 Å². The van der Waals surface area contributed by atoms with E-state index in [9.17, 15) is 13.2 Å². The molecule has 2 aromatic rings. The van der Waals surface area contributed by atoms with Crippen LogP contribution in [0.5, 0.6) is 0 Å². The number of fused-ring (bicyclic) bond motifs is 1. The summed E-state index contributed by atoms with van der Waals surface area (Å²) >= 11 is 0. The summed E-state index contributed by atoms with van der Waals surface area (Å²) in [5, 5.41) is 0. The number of anilines is 1. The molecule has 1 amide bonds. The number of primary amides is 1. The number of aryl methyl sites for hydroxylation is 1. The van der Waals surface area contributed by atoms with Gasteiger partial charge in [-0.05, 0) is 35.7 Å². The molecule has 0 radical (unpaired) electrons. The minimum atomic E-state index is -3.84. The quantitative estimate of drug-likeness (QED) is 0.929. The number of hydrogen-bond acceptors (Lipinski definition) is 3. The van der Waals surface area contributed by atoms with Gasteiger partial charge < -0.3 is 5.73 Å². The maximum absolute atomic E-state index is 13.0. The molecule has 5 nitrogen and oxygen atoms in total. The van der Waals surface area contributed by atoms with Gasteiger partial charge in [0, 0.05) is 6.42 Å². The van der Waals surface area contributed by atoms with E-state index in [1.165, 1.54) is 0 Å². The zero-order valence-electron chi connectivity index (χ0n) is 12.8. The summed E-state index contributed by atoms with van der Waals surface area (Å²) in [6, 6.07) is 12.9. The standard InChI is InChI=1S/C17H18N2O3S/c1-2-12-7-9-14(10-8-12)23(21,22)19-15-6-4-3-5-13(15)11-16(19)17(18)20/h3-10,16H,2,11H2,1H3,(H2,18,20)/t16-/m0/s1. The van der Waals surface area contributed by atoms with Crippen LogP contribution < -0.4 is 10.0 Å². The zero-order valence-corrected chi connectivity index (χ0v) is 13.6. The maximum Gasteiger partial charge on any atom is 0.265 e. The number of rotatable bonds is 4. The second kappa shape index (κ2) is 5.70. The fraction of sp³-hybridized carbons (Fsp3) is 0.235. The zero-order chi connectivity index (χ0) is 16.6. The Morgan fingerprint density at radius 1 is 1.17 bits per heavy atom. The Kier molecular flexibility index (Phi) is 3.85. The first-order valence-corrected chi connectivity index (χ1v) is 8.89. The van der Waals surface area contributed by atoms with Gasteiger partial charge in [0.1, 0.15) is 6.04 Å². The number of carbonyl (C=O) groups excluding carboxylic acids is 1. The Bertz CT molecular complexity index is 844. The molecule has 0 unspecified atom stereocenters. The van der Waals surface area contributed by atoms with Crippen molar-refractivity contribution in [2.75, 3.05) is 4.31 Å². The van der Waals surface area contributed by atoms with Crippen molar-refractivity contribution in [2.24, 2.45) is 5.73 Å². The minimum absolute atomic E-state index is 0.164. The van der Waals surface area contributed by atoms with Gasteiger partial charge in [-0.15, -0.1) is 0 Å². The number of carbonyl (C=O) groups is 1. The van der Waals surface area contributed by atoms with Crippen molar-refractivity contribution in [2.45, 2.75) is 30.7 Å². The molecule has 1 heterocycles. The summed E-state index contributed by atoms with van der Waals surface area (Å²) in [5.74, 6) is -0.644. The lowest BCUT2D eigenvalue weighted by Gasteiger charge is -2.25. The smallest absolute Gasteiger partial charge is 0.265 e. The van der Waals surface area contributed by atoms with Crippen molar-refractivity contribution in [3.8, 4) is 0 Å². The van der Waals surface area contributed by atoms with Crippen LogP contribution in [0.15, 0.2) is 53.4 Å². The molecule has 0 saturated carbocycles. The summed E-state index contributed by atoms with van der Waals surface area (Å²) in [5.41, 5.74) is 7.83. The van der Waals surface area contributed by atoms with Crippen molar-refractivity contribution in [1.29, 1.82) is 0 Å². The summed E-state index contributed by atoms with van der Waals surface area (Å²) in [6.45, 7) is 2.00. The normalized spacial score (nSPS) is 17.1. The average molecular weight is 330 g/mol. The van der Waals surface area contributed by atoms with Crippen LogP contribution in [0.3, 0.4) is 0 Å². The van der Waals surface area contributed by atoms with Gasteiger partial charge >= 0.3 is 0 Å². The number of hydrogen-bond donors (Lipinski definition) is 1. The molecule has 2 N–H and O–H groups in total. The van der Waals surface area contributed by atoms with Crippen LogP contribution in [0.2, 0.25) is 0 Å². The first kappa shape index (κ1) is 15.6. The molecule has 120 valence electrons. The Balaban J connectivity index is 2.10. The van der Waals surface area contributed by atoms with E-state index in [-0.39, 0.29) is 4.90 Å². The van der Waals surface area contributed by atoms with Crippen molar-refractivity contribution in [3.63, 3.8) is 0 Å². The van der Waals surface area contributed by atoms with E-state index in [4.69, 9.17) is 5.73 Å². The highest BCUT2D eigenvalue weighted by Gasteiger charge is 2.41. The fourth-order valence-corrected chi connectivity index (χ4v) is 4.54. The second-order valence-corrected chi connectivity index (χ2v) is 7.36. The van der Waals surface area contributed by atoms with Gasteiger partial charge in [0.2, 0.25) is 5.91 Å². The number of benzene rings is 2. The van der Waals surface area contributed by atoms with E-state index in [0.717, 1.165) is 21.9 Å². The molecule has 3 rings (SSSR count). The summed E-state index contributed by atoms with van der Waals surface area (Å²) in [6.07, 6.45) is 1.13. The maximum atomic E-state index is 13.0. The molecule has 2 aromatic carbocycles. The summed E-state index contributed by atoms with van der Waals surface area (Å²) in [4.78, 5) is 11.9. The van der Waals surface area contributed by atoms with Gasteiger partial charge in [-0.25, -0.2) is 8.42 Å². The van der Waals surface area contributed by atoms with Crippen LogP contribution in [-0.2, 0) is 27.7 Å². The average Bonchev–Trinajstić information content (AvgIpc) is 2.95. The van der Waals surface area contributed by atoms with Crippen LogP contribution in [0, 0.1) is 0 Å². The number of amides is 1. The number of sulfonamides is 1. The predicted molar refractivity (Wildman–Crippen MR) is 88.6 cm³/mol. The van der Waals surface area contributed by atoms with E-state index >= 15 is 0 Å². The van der Waals surface area contributed by atoms with Crippen LogP contribution in [0.25, 0.3) is 0 Å². The highest BCUT2D eigenvalue weighted by atomic mass is 32.2. The van der Waals surface area contributed by atoms with Crippen LogP contribution in [-0.4, -0.2) is 20.4 Å². The van der Waals surface area contributed by atoms with Gasteiger partial charge in [-0.2, -0.15) is 0 Å². The van der Waals surface area contributed by atoms with Gasteiger partial charge in [0.25, 0.3) is 10.0 Å². The predicted octanol–water partition coefficient (Wildman–Crippen LogP) is 1.85. The molecule has 1 aliphatic heterocycles. The molecule has 0 aromatic heterocycles. The molecule has 1 atom stereocenters. The molecule has 1 aliphatic rings. The van der Waals surface area contributed by atoms with Crippen LogP contribution in [0.1, 0.15) is 18.1 Å². The summed E-state index contributed by atoms with van der Waals surface area (Å²) in [7, 11) is -3.84. The van der Waals surface area contributed by atoms with Crippen molar-refractivity contribution in [3.05, 3.63) is 59.7 Å². The second-order valence-electron chi connectivity index (χ2n) is 5.55. The lowest BCUT2D eigenvalue weighted by molar-refractivity contribution is -0.118. The van der Waals surface area contributed by atoms with Crippen LogP contribution in [0.4, 0.5) is 5.69 Å². The van der Waals surface area contributed by atoms with Gasteiger partial charge in [-0.3, -0.25) is 9.10 Å². The third-order valence-corrected chi connectivity index (χ3v) is 5.98. The third kappa shape index (κ3) is 2.59. The van der Waals surface area contributed by atoms with Gasteiger partial charge in [0.15, 0.2) is 0 Å². The first-order chi connectivity index (χ1) is 10.9. The van der Waals surface area contributed by atoms with Crippen molar-refractivity contribution >= 4 is 21.6 Å². The van der Waals surface area contributed by atoms with E-state index < -0.39 is 22.0 Å². The van der Waals surface area contributed by atoms with E-state index in [1.54, 1.807) is 36.4 Å². The largest absolute Gasteiger partial charge is 0.368 e. The lowest BCUT2D eigenvalue weighted by atomic mass is 10.1. The Morgan fingerprint density at radius 2 is 1.83 bits per heavy atom. The first-order valence-electron chi connectivity index (χ1n) is 7.45. The SMILES string of the molecule is CCc1ccc(S(=O)(=O)N2c3ccccc3C[C@H]2C(N)=O)cc1. The Hall–Kier alpha value is -2.34. The molecule has 23 heavy (non-hydrogen) atoms. The van der Waals surface area contributed by atoms with Gasteiger partial charge in [-0.1, -0.05) is 37.3 Å².